The topological polar surface area (TPSA) is 78.9 Å². The van der Waals surface area contributed by atoms with Crippen molar-refractivity contribution in [1.29, 1.82) is 0 Å². The van der Waals surface area contributed by atoms with Crippen LogP contribution in [0, 0.1) is 0 Å². The van der Waals surface area contributed by atoms with Crippen LogP contribution in [0.15, 0.2) is 146 Å². The van der Waals surface area contributed by atoms with Crippen molar-refractivity contribution in [1.82, 2.24) is 0 Å². The fourth-order valence-electron chi connectivity index (χ4n) is 8.74. The minimum atomic E-state index is -0.792. The van der Waals surface area contributed by atoms with E-state index in [1.165, 1.54) is 89.9 Å². The lowest BCUT2D eigenvalue weighted by Gasteiger charge is -2.18. The lowest BCUT2D eigenvalue weighted by Crippen LogP contribution is -2.30. The first-order valence-corrected chi connectivity index (χ1v) is 32.8. The lowest BCUT2D eigenvalue weighted by molar-refractivity contribution is -0.167. The Morgan fingerprint density at radius 2 is 0.487 bits per heavy atom. The van der Waals surface area contributed by atoms with Crippen LogP contribution >= 0.6 is 0 Å². The van der Waals surface area contributed by atoms with Crippen molar-refractivity contribution in [2.24, 2.45) is 0 Å². The summed E-state index contributed by atoms with van der Waals surface area (Å²) in [5, 5.41) is 0. The summed E-state index contributed by atoms with van der Waals surface area (Å²) in [5.41, 5.74) is 0. The fraction of sp³-hybridized carbons (Fsp3) is 0.635. The highest BCUT2D eigenvalue weighted by Gasteiger charge is 2.19. The third-order valence-electron chi connectivity index (χ3n) is 13.6. The zero-order valence-electron chi connectivity index (χ0n) is 51.8. The van der Waals surface area contributed by atoms with Crippen molar-refractivity contribution in [2.45, 2.75) is 290 Å². The van der Waals surface area contributed by atoms with Crippen LogP contribution in [0.5, 0.6) is 0 Å². The lowest BCUT2D eigenvalue weighted by atomic mass is 10.0. The van der Waals surface area contributed by atoms with E-state index in [0.717, 1.165) is 154 Å². The summed E-state index contributed by atoms with van der Waals surface area (Å²) in [6.07, 6.45) is 96.1. The van der Waals surface area contributed by atoms with Crippen molar-refractivity contribution in [3.05, 3.63) is 146 Å². The van der Waals surface area contributed by atoms with E-state index >= 15 is 0 Å². The molecule has 0 aromatic heterocycles. The third-order valence-corrected chi connectivity index (χ3v) is 13.6. The minimum Gasteiger partial charge on any atom is -0.462 e. The number of rotatable bonds is 58. The highest BCUT2D eigenvalue weighted by molar-refractivity contribution is 5.71. The maximum Gasteiger partial charge on any atom is 0.306 e. The summed E-state index contributed by atoms with van der Waals surface area (Å²) >= 11 is 0. The standard InChI is InChI=1S/C74H120O6/c1-4-7-10-13-16-18-20-22-24-26-28-30-32-34-36-37-39-40-42-44-46-48-50-52-54-56-58-61-64-67-73(76)79-70-71(69-78-72(75)66-63-60-15-12-9-6-3)80-74(77)68-65-62-59-57-55-53-51-49-47-45-43-41-38-35-33-31-29-27-25-23-21-19-17-14-11-8-5-2/h7-8,10-11,16-19,22-25,28-31,34-36,38,43,45,49,51,71H,4-6,9,12-15,20-21,26-27,32-33,37,39-42,44,46-48,50,52-70H2,1-3H3/b10-7-,11-8-,18-16-,19-17-,24-22-,25-23-,30-28-,31-29-,36-34-,38-35-,45-43-,51-49-. The number of carbonyl (C=O) groups excluding carboxylic acids is 3. The molecule has 80 heavy (non-hydrogen) atoms. The minimum absolute atomic E-state index is 0.0896. The number of carbonyl (C=O) groups is 3. The molecule has 0 amide bonds. The SMILES string of the molecule is CC/C=C\C/C=C\C/C=C\C/C=C\C/C=C\C/C=C\C/C=C\CCCCCCCC(=O)OC(COC(=O)CCCCCCCC)COC(=O)CCCCCCCCCCCCCCC/C=C\C/C=C\C/C=C\C/C=C\C/C=C\CC. The van der Waals surface area contributed by atoms with Gasteiger partial charge in [-0.3, -0.25) is 14.4 Å². The molecule has 0 saturated heterocycles. The van der Waals surface area contributed by atoms with Crippen molar-refractivity contribution in [3.8, 4) is 0 Å². The van der Waals surface area contributed by atoms with E-state index in [2.05, 4.69) is 167 Å². The van der Waals surface area contributed by atoms with Crippen molar-refractivity contribution in [3.63, 3.8) is 0 Å². The van der Waals surface area contributed by atoms with Gasteiger partial charge in [-0.25, -0.2) is 0 Å². The predicted molar refractivity (Wildman–Crippen MR) is 348 cm³/mol. The molecule has 0 rings (SSSR count). The molecule has 0 aromatic rings. The summed E-state index contributed by atoms with van der Waals surface area (Å²) in [5.74, 6) is -0.919. The Morgan fingerprint density at radius 1 is 0.263 bits per heavy atom. The Hall–Kier alpha value is -4.71. The van der Waals surface area contributed by atoms with Gasteiger partial charge in [-0.05, 0) is 122 Å². The Morgan fingerprint density at radius 3 is 0.762 bits per heavy atom. The van der Waals surface area contributed by atoms with Crippen molar-refractivity contribution in [2.75, 3.05) is 13.2 Å². The van der Waals surface area contributed by atoms with Crippen LogP contribution in [-0.2, 0) is 28.6 Å². The molecule has 0 aliphatic carbocycles. The first kappa shape index (κ1) is 75.3. The zero-order valence-corrected chi connectivity index (χ0v) is 51.8. The smallest absolute Gasteiger partial charge is 0.306 e. The number of hydrogen-bond donors (Lipinski definition) is 0. The molecule has 0 radical (unpaired) electrons. The Labute approximate surface area is 493 Å². The van der Waals surface area contributed by atoms with Gasteiger partial charge in [-0.15, -0.1) is 0 Å². The van der Waals surface area contributed by atoms with Crippen LogP contribution in [-0.4, -0.2) is 37.2 Å². The largest absolute Gasteiger partial charge is 0.462 e. The monoisotopic (exact) mass is 1100 g/mol. The summed E-state index contributed by atoms with van der Waals surface area (Å²) in [6, 6.07) is 0. The molecule has 0 heterocycles. The van der Waals surface area contributed by atoms with Gasteiger partial charge >= 0.3 is 17.9 Å². The van der Waals surface area contributed by atoms with Crippen LogP contribution in [0.1, 0.15) is 284 Å². The molecule has 0 bridgehead atoms. The zero-order chi connectivity index (χ0) is 57.8. The van der Waals surface area contributed by atoms with Gasteiger partial charge in [0.1, 0.15) is 13.2 Å². The van der Waals surface area contributed by atoms with Gasteiger partial charge in [-0.2, -0.15) is 0 Å². The normalized spacial score (nSPS) is 13.1. The molecule has 6 nitrogen and oxygen atoms in total. The molecule has 0 spiro atoms. The van der Waals surface area contributed by atoms with Gasteiger partial charge in [-0.1, -0.05) is 289 Å². The molecular formula is C74H120O6. The number of unbranched alkanes of at least 4 members (excludes halogenated alkanes) is 23. The summed E-state index contributed by atoms with van der Waals surface area (Å²) in [7, 11) is 0. The average Bonchev–Trinajstić information content (AvgIpc) is 3.46. The number of esters is 3. The van der Waals surface area contributed by atoms with Gasteiger partial charge in [0.05, 0.1) is 0 Å². The molecule has 0 N–H and O–H groups in total. The molecule has 0 aliphatic heterocycles. The highest BCUT2D eigenvalue weighted by Crippen LogP contribution is 2.16. The molecular weight excluding hydrogens is 985 g/mol. The number of allylic oxidation sites excluding steroid dienone is 24. The maximum atomic E-state index is 12.9. The van der Waals surface area contributed by atoms with E-state index in [-0.39, 0.29) is 31.1 Å². The molecule has 452 valence electrons. The third kappa shape index (κ3) is 64.1. The molecule has 1 unspecified atom stereocenters. The van der Waals surface area contributed by atoms with E-state index in [1.54, 1.807) is 0 Å². The Bertz CT molecular complexity index is 1750. The van der Waals surface area contributed by atoms with Crippen LogP contribution in [0.3, 0.4) is 0 Å². The first-order valence-electron chi connectivity index (χ1n) is 32.8. The van der Waals surface area contributed by atoms with Crippen molar-refractivity contribution < 1.29 is 28.6 Å². The van der Waals surface area contributed by atoms with Crippen LogP contribution in [0.25, 0.3) is 0 Å². The number of hydrogen-bond acceptors (Lipinski definition) is 6. The summed E-state index contributed by atoms with van der Waals surface area (Å²) < 4.78 is 16.8. The van der Waals surface area contributed by atoms with Crippen molar-refractivity contribution >= 4 is 17.9 Å². The van der Waals surface area contributed by atoms with Gasteiger partial charge in [0.15, 0.2) is 6.10 Å². The van der Waals surface area contributed by atoms with Gasteiger partial charge < -0.3 is 14.2 Å². The van der Waals surface area contributed by atoms with Crippen LogP contribution in [0.4, 0.5) is 0 Å². The summed E-state index contributed by atoms with van der Waals surface area (Å²) in [4.78, 5) is 38.1. The van der Waals surface area contributed by atoms with E-state index in [4.69, 9.17) is 14.2 Å². The molecule has 0 saturated carbocycles. The van der Waals surface area contributed by atoms with E-state index < -0.39 is 6.10 Å². The Kier molecular flexibility index (Phi) is 62.9. The van der Waals surface area contributed by atoms with Crippen LogP contribution in [0.2, 0.25) is 0 Å². The average molecular weight is 1110 g/mol. The number of ether oxygens (including phenoxy) is 3. The molecule has 1 atom stereocenters. The quantitative estimate of drug-likeness (QED) is 0.0261. The van der Waals surface area contributed by atoms with Gasteiger partial charge in [0.2, 0.25) is 0 Å². The second-order valence-electron chi connectivity index (χ2n) is 21.3. The second-order valence-corrected chi connectivity index (χ2v) is 21.3. The fourth-order valence-corrected chi connectivity index (χ4v) is 8.74. The molecule has 0 aromatic carbocycles. The van der Waals surface area contributed by atoms with E-state index in [1.807, 2.05) is 0 Å². The molecule has 0 aliphatic rings. The van der Waals surface area contributed by atoms with Crippen LogP contribution < -0.4 is 0 Å². The summed E-state index contributed by atoms with van der Waals surface area (Å²) in [6.45, 7) is 6.34. The molecule has 6 heteroatoms. The second kappa shape index (κ2) is 66.8. The highest BCUT2D eigenvalue weighted by atomic mass is 16.6. The van der Waals surface area contributed by atoms with Gasteiger partial charge in [0, 0.05) is 19.3 Å². The van der Waals surface area contributed by atoms with E-state index in [0.29, 0.717) is 19.3 Å². The van der Waals surface area contributed by atoms with Gasteiger partial charge in [0.25, 0.3) is 0 Å². The molecule has 0 fully saturated rings. The first-order chi connectivity index (χ1) is 39.5. The maximum absolute atomic E-state index is 12.9. The Balaban J connectivity index is 4.15. The van der Waals surface area contributed by atoms with E-state index in [9.17, 15) is 14.4 Å². The predicted octanol–water partition coefficient (Wildman–Crippen LogP) is 22.7.